The predicted molar refractivity (Wildman–Crippen MR) is 60.6 cm³/mol. The number of rotatable bonds is 7. The summed E-state index contributed by atoms with van der Waals surface area (Å²) in [7, 11) is -2.79. The molecule has 0 saturated carbocycles. The molecule has 1 atom stereocenters. The van der Waals surface area contributed by atoms with E-state index in [1.807, 2.05) is 0 Å². The predicted octanol–water partition coefficient (Wildman–Crippen LogP) is 0.316. The van der Waals surface area contributed by atoms with Crippen LogP contribution in [-0.2, 0) is 9.84 Å². The second-order valence-electron chi connectivity index (χ2n) is 4.12. The maximum absolute atomic E-state index is 11.5. The van der Waals surface area contributed by atoms with Gasteiger partial charge in [0.25, 0.3) is 0 Å². The van der Waals surface area contributed by atoms with Crippen molar-refractivity contribution in [1.29, 1.82) is 0 Å². The molecule has 4 nitrogen and oxygen atoms in total. The molecule has 1 aliphatic rings. The minimum Gasteiger partial charge on any atom is -0.396 e. The van der Waals surface area contributed by atoms with E-state index in [0.717, 1.165) is 38.6 Å². The van der Waals surface area contributed by atoms with Gasteiger partial charge in [0.05, 0.1) is 11.0 Å². The molecule has 2 N–H and O–H groups in total. The lowest BCUT2D eigenvalue weighted by atomic mass is 10.2. The van der Waals surface area contributed by atoms with E-state index in [4.69, 9.17) is 5.11 Å². The van der Waals surface area contributed by atoms with Crippen LogP contribution >= 0.6 is 0 Å². The van der Waals surface area contributed by atoms with E-state index >= 15 is 0 Å². The molecular formula is C10H21NO3S. The van der Waals surface area contributed by atoms with Crippen LogP contribution in [0.3, 0.4) is 0 Å². The van der Waals surface area contributed by atoms with Gasteiger partial charge in [-0.15, -0.1) is 0 Å². The van der Waals surface area contributed by atoms with Crippen molar-refractivity contribution in [2.75, 3.05) is 25.4 Å². The molecule has 0 aliphatic carbocycles. The first-order valence-electron chi connectivity index (χ1n) is 5.70. The standard InChI is InChI=1S/C10H21NO3S/c12-7-3-1-2-6-11-9-10-5-4-8-15(10,13)14/h10-12H,1-9H2. The Morgan fingerprint density at radius 3 is 2.67 bits per heavy atom. The van der Waals surface area contributed by atoms with Crippen molar-refractivity contribution in [2.24, 2.45) is 0 Å². The number of nitrogens with one attached hydrogen (secondary N) is 1. The third-order valence-corrected chi connectivity index (χ3v) is 5.12. The summed E-state index contributed by atoms with van der Waals surface area (Å²) < 4.78 is 22.9. The van der Waals surface area contributed by atoms with Crippen LogP contribution in [0.1, 0.15) is 32.1 Å². The zero-order chi connectivity index (χ0) is 11.1. The second-order valence-corrected chi connectivity index (χ2v) is 6.52. The number of sulfone groups is 1. The van der Waals surface area contributed by atoms with Crippen molar-refractivity contribution < 1.29 is 13.5 Å². The lowest BCUT2D eigenvalue weighted by Gasteiger charge is -2.10. The highest BCUT2D eigenvalue weighted by Gasteiger charge is 2.30. The number of aliphatic hydroxyl groups excluding tert-OH is 1. The van der Waals surface area contributed by atoms with Gasteiger partial charge in [0, 0.05) is 13.2 Å². The molecule has 1 fully saturated rings. The first kappa shape index (κ1) is 12.9. The van der Waals surface area contributed by atoms with Gasteiger partial charge in [0.2, 0.25) is 0 Å². The Kier molecular flexibility index (Phi) is 5.56. The lowest BCUT2D eigenvalue weighted by molar-refractivity contribution is 0.283. The summed E-state index contributed by atoms with van der Waals surface area (Å²) >= 11 is 0. The van der Waals surface area contributed by atoms with E-state index < -0.39 is 9.84 Å². The van der Waals surface area contributed by atoms with Crippen molar-refractivity contribution >= 4 is 9.84 Å². The summed E-state index contributed by atoms with van der Waals surface area (Å²) in [4.78, 5) is 0. The molecule has 5 heteroatoms. The second kappa shape index (κ2) is 6.45. The molecule has 1 unspecified atom stereocenters. The summed E-state index contributed by atoms with van der Waals surface area (Å²) in [6, 6.07) is 0. The fourth-order valence-corrected chi connectivity index (χ4v) is 3.69. The van der Waals surface area contributed by atoms with Crippen LogP contribution in [0, 0.1) is 0 Å². The van der Waals surface area contributed by atoms with Gasteiger partial charge in [0.15, 0.2) is 9.84 Å². The first-order valence-corrected chi connectivity index (χ1v) is 7.41. The molecule has 0 spiro atoms. The Labute approximate surface area is 92.0 Å². The van der Waals surface area contributed by atoms with Gasteiger partial charge in [-0.2, -0.15) is 0 Å². The average Bonchev–Trinajstić information content (AvgIpc) is 2.52. The molecule has 0 aromatic rings. The molecule has 1 rings (SSSR count). The van der Waals surface area contributed by atoms with E-state index in [1.165, 1.54) is 0 Å². The number of aliphatic hydroxyl groups is 1. The molecule has 90 valence electrons. The summed E-state index contributed by atoms with van der Waals surface area (Å²) in [5.74, 6) is 0.365. The maximum Gasteiger partial charge on any atom is 0.154 e. The number of unbranched alkanes of at least 4 members (excludes halogenated alkanes) is 2. The lowest BCUT2D eigenvalue weighted by Crippen LogP contribution is -2.31. The fourth-order valence-electron chi connectivity index (χ4n) is 1.89. The average molecular weight is 235 g/mol. The van der Waals surface area contributed by atoms with Crippen molar-refractivity contribution in [3.8, 4) is 0 Å². The van der Waals surface area contributed by atoms with Crippen LogP contribution in [0.15, 0.2) is 0 Å². The SMILES string of the molecule is O=S1(=O)CCCC1CNCCCCCO. The Morgan fingerprint density at radius 2 is 2.07 bits per heavy atom. The molecule has 0 amide bonds. The normalized spacial score (nSPS) is 24.5. The number of hydrogen-bond donors (Lipinski definition) is 2. The maximum atomic E-state index is 11.5. The monoisotopic (exact) mass is 235 g/mol. The van der Waals surface area contributed by atoms with Crippen LogP contribution in [-0.4, -0.2) is 44.2 Å². The van der Waals surface area contributed by atoms with Crippen molar-refractivity contribution in [3.63, 3.8) is 0 Å². The van der Waals surface area contributed by atoms with Gasteiger partial charge in [-0.25, -0.2) is 8.42 Å². The molecule has 0 aromatic heterocycles. The van der Waals surface area contributed by atoms with E-state index in [-0.39, 0.29) is 11.9 Å². The van der Waals surface area contributed by atoms with Crippen LogP contribution < -0.4 is 5.32 Å². The van der Waals surface area contributed by atoms with Crippen LogP contribution in [0.5, 0.6) is 0 Å². The van der Waals surface area contributed by atoms with Crippen LogP contribution in [0.25, 0.3) is 0 Å². The molecule has 0 bridgehead atoms. The highest BCUT2D eigenvalue weighted by Crippen LogP contribution is 2.18. The smallest absolute Gasteiger partial charge is 0.154 e. The fraction of sp³-hybridized carbons (Fsp3) is 1.00. The van der Waals surface area contributed by atoms with Crippen molar-refractivity contribution in [1.82, 2.24) is 5.32 Å². The van der Waals surface area contributed by atoms with Gasteiger partial charge < -0.3 is 10.4 Å². The van der Waals surface area contributed by atoms with E-state index in [2.05, 4.69) is 5.32 Å². The Hall–Kier alpha value is -0.130. The third kappa shape index (κ3) is 4.49. The van der Waals surface area contributed by atoms with Crippen molar-refractivity contribution in [2.45, 2.75) is 37.4 Å². The summed E-state index contributed by atoms with van der Waals surface area (Å²) in [5, 5.41) is 11.6. The zero-order valence-electron chi connectivity index (χ0n) is 9.11. The summed E-state index contributed by atoms with van der Waals surface area (Å²) in [5.41, 5.74) is 0. The third-order valence-electron chi connectivity index (χ3n) is 2.85. The van der Waals surface area contributed by atoms with E-state index in [9.17, 15) is 8.42 Å². The topological polar surface area (TPSA) is 66.4 Å². The van der Waals surface area contributed by atoms with Gasteiger partial charge in [0.1, 0.15) is 0 Å². The largest absolute Gasteiger partial charge is 0.396 e. The molecular weight excluding hydrogens is 214 g/mol. The Morgan fingerprint density at radius 1 is 1.27 bits per heavy atom. The van der Waals surface area contributed by atoms with Crippen LogP contribution in [0.4, 0.5) is 0 Å². The first-order chi connectivity index (χ1) is 7.17. The highest BCUT2D eigenvalue weighted by atomic mass is 32.2. The van der Waals surface area contributed by atoms with Crippen molar-refractivity contribution in [3.05, 3.63) is 0 Å². The minimum atomic E-state index is -2.79. The van der Waals surface area contributed by atoms with Gasteiger partial charge >= 0.3 is 0 Å². The van der Waals surface area contributed by atoms with Gasteiger partial charge in [-0.05, 0) is 38.6 Å². The molecule has 15 heavy (non-hydrogen) atoms. The molecule has 1 saturated heterocycles. The summed E-state index contributed by atoms with van der Waals surface area (Å²) in [6.07, 6.45) is 4.48. The molecule has 1 heterocycles. The zero-order valence-corrected chi connectivity index (χ0v) is 9.93. The summed E-state index contributed by atoms with van der Waals surface area (Å²) in [6.45, 7) is 1.70. The van der Waals surface area contributed by atoms with Gasteiger partial charge in [-0.1, -0.05) is 0 Å². The number of hydrogen-bond acceptors (Lipinski definition) is 4. The van der Waals surface area contributed by atoms with E-state index in [1.54, 1.807) is 0 Å². The quantitative estimate of drug-likeness (QED) is 0.624. The van der Waals surface area contributed by atoms with Crippen LogP contribution in [0.2, 0.25) is 0 Å². The van der Waals surface area contributed by atoms with E-state index in [0.29, 0.717) is 12.3 Å². The minimum absolute atomic E-state index is 0.157. The Balaban J connectivity index is 2.05. The Bertz CT molecular complexity index is 264. The molecule has 1 aliphatic heterocycles. The van der Waals surface area contributed by atoms with Gasteiger partial charge in [-0.3, -0.25) is 0 Å². The highest BCUT2D eigenvalue weighted by molar-refractivity contribution is 7.92. The molecule has 0 radical (unpaired) electrons. The molecule has 0 aromatic carbocycles.